The number of guanidine groups is 1. The largest absolute Gasteiger partial charge is 0.389 e. The van der Waals surface area contributed by atoms with Gasteiger partial charge in [-0.3, -0.25) is 0 Å². The third-order valence-corrected chi connectivity index (χ3v) is 4.24. The standard InChI is InChI=1S/C21H28ClN3O2.HI/c1-3-23-21(24-13-17-9-11-19(22)12-10-17)25-14-20(26)15-27-16(2)18-7-5-4-6-8-18;/h4-12,16,20,26H,3,13-15H2,1-2H3,(H2,23,24,25);1H. The topological polar surface area (TPSA) is 65.9 Å². The molecule has 3 N–H and O–H groups in total. The average Bonchev–Trinajstić information content (AvgIpc) is 2.70. The summed E-state index contributed by atoms with van der Waals surface area (Å²) >= 11 is 5.90. The lowest BCUT2D eigenvalue weighted by molar-refractivity contribution is -0.000599. The Morgan fingerprint density at radius 3 is 2.43 bits per heavy atom. The van der Waals surface area contributed by atoms with Crippen molar-refractivity contribution in [1.82, 2.24) is 10.6 Å². The Bertz CT molecular complexity index is 699. The van der Waals surface area contributed by atoms with Gasteiger partial charge in [0.15, 0.2) is 5.96 Å². The van der Waals surface area contributed by atoms with Crippen LogP contribution in [-0.2, 0) is 11.3 Å². The van der Waals surface area contributed by atoms with Gasteiger partial charge in [0, 0.05) is 18.1 Å². The minimum Gasteiger partial charge on any atom is -0.389 e. The van der Waals surface area contributed by atoms with Crippen LogP contribution in [0.15, 0.2) is 59.6 Å². The lowest BCUT2D eigenvalue weighted by Gasteiger charge is -2.18. The van der Waals surface area contributed by atoms with Gasteiger partial charge in [0.1, 0.15) is 0 Å². The maximum absolute atomic E-state index is 10.2. The smallest absolute Gasteiger partial charge is 0.191 e. The number of hydrogen-bond acceptors (Lipinski definition) is 3. The molecular formula is C21H29ClIN3O2. The molecule has 0 heterocycles. The van der Waals surface area contributed by atoms with Crippen LogP contribution in [0.25, 0.3) is 0 Å². The van der Waals surface area contributed by atoms with Gasteiger partial charge in [-0.2, -0.15) is 0 Å². The van der Waals surface area contributed by atoms with Crippen LogP contribution in [0.1, 0.15) is 31.1 Å². The number of aliphatic hydroxyl groups excluding tert-OH is 1. The summed E-state index contributed by atoms with van der Waals surface area (Å²) in [6.45, 7) is 5.86. The first-order chi connectivity index (χ1) is 13.1. The van der Waals surface area contributed by atoms with Gasteiger partial charge in [-0.1, -0.05) is 54.1 Å². The minimum atomic E-state index is -0.629. The molecule has 0 aliphatic carbocycles. The summed E-state index contributed by atoms with van der Waals surface area (Å²) in [5, 5.41) is 17.2. The fraction of sp³-hybridized carbons (Fsp3) is 0.381. The van der Waals surface area contributed by atoms with Gasteiger partial charge >= 0.3 is 0 Å². The van der Waals surface area contributed by atoms with Crippen LogP contribution in [0.4, 0.5) is 0 Å². The van der Waals surface area contributed by atoms with Gasteiger partial charge in [-0.25, -0.2) is 4.99 Å². The van der Waals surface area contributed by atoms with Gasteiger partial charge in [-0.05, 0) is 37.1 Å². The maximum atomic E-state index is 10.2. The summed E-state index contributed by atoms with van der Waals surface area (Å²) in [4.78, 5) is 4.53. The van der Waals surface area contributed by atoms with Gasteiger partial charge in [0.05, 0.1) is 25.4 Å². The number of aliphatic hydroxyl groups is 1. The number of nitrogens with zero attached hydrogens (tertiary/aromatic N) is 1. The Morgan fingerprint density at radius 1 is 1.11 bits per heavy atom. The van der Waals surface area contributed by atoms with Crippen LogP contribution in [0.5, 0.6) is 0 Å². The minimum absolute atomic E-state index is 0. The Hall–Kier alpha value is -1.35. The zero-order valence-electron chi connectivity index (χ0n) is 16.3. The highest BCUT2D eigenvalue weighted by molar-refractivity contribution is 14.0. The third-order valence-electron chi connectivity index (χ3n) is 3.99. The van der Waals surface area contributed by atoms with E-state index in [-0.39, 0.29) is 36.7 Å². The number of aliphatic imine (C=N–C) groups is 1. The lowest BCUT2D eigenvalue weighted by atomic mass is 10.1. The second kappa shape index (κ2) is 13.8. The molecule has 0 fully saturated rings. The van der Waals surface area contributed by atoms with Crippen LogP contribution in [0.2, 0.25) is 5.02 Å². The fourth-order valence-electron chi connectivity index (χ4n) is 2.45. The molecule has 2 aromatic carbocycles. The Morgan fingerprint density at radius 2 is 1.79 bits per heavy atom. The first kappa shape index (κ1) is 24.7. The molecule has 28 heavy (non-hydrogen) atoms. The van der Waals surface area contributed by atoms with Crippen molar-refractivity contribution in [1.29, 1.82) is 0 Å². The second-order valence-electron chi connectivity index (χ2n) is 6.24. The fourth-order valence-corrected chi connectivity index (χ4v) is 2.58. The van der Waals surface area contributed by atoms with Crippen LogP contribution in [0.3, 0.4) is 0 Å². The highest BCUT2D eigenvalue weighted by Crippen LogP contribution is 2.15. The summed E-state index contributed by atoms with van der Waals surface area (Å²) in [5.41, 5.74) is 2.16. The molecule has 0 aliphatic heterocycles. The van der Waals surface area contributed by atoms with Crippen molar-refractivity contribution in [2.45, 2.75) is 32.6 Å². The summed E-state index contributed by atoms with van der Waals surface area (Å²) in [7, 11) is 0. The zero-order valence-corrected chi connectivity index (χ0v) is 19.4. The summed E-state index contributed by atoms with van der Waals surface area (Å²) in [5.74, 6) is 0.655. The van der Waals surface area contributed by atoms with E-state index in [9.17, 15) is 5.11 Å². The second-order valence-corrected chi connectivity index (χ2v) is 6.68. The zero-order chi connectivity index (χ0) is 19.5. The van der Waals surface area contributed by atoms with E-state index in [1.165, 1.54) is 0 Å². The first-order valence-electron chi connectivity index (χ1n) is 9.19. The molecule has 0 aliphatic rings. The van der Waals surface area contributed by atoms with Crippen molar-refractivity contribution in [3.63, 3.8) is 0 Å². The number of halogens is 2. The Balaban J connectivity index is 0.00000392. The predicted molar refractivity (Wildman–Crippen MR) is 127 cm³/mol. The van der Waals surface area contributed by atoms with Crippen molar-refractivity contribution in [2.24, 2.45) is 4.99 Å². The van der Waals surface area contributed by atoms with E-state index in [1.807, 2.05) is 68.4 Å². The number of nitrogens with one attached hydrogen (secondary N) is 2. The van der Waals surface area contributed by atoms with Crippen molar-refractivity contribution in [3.8, 4) is 0 Å². The van der Waals surface area contributed by atoms with Crippen LogP contribution < -0.4 is 10.6 Å². The molecule has 0 amide bonds. The van der Waals surface area contributed by atoms with E-state index in [0.29, 0.717) is 24.1 Å². The molecule has 0 saturated carbocycles. The monoisotopic (exact) mass is 517 g/mol. The molecule has 0 saturated heterocycles. The van der Waals surface area contributed by atoms with E-state index in [0.717, 1.165) is 17.7 Å². The Labute approximate surface area is 189 Å². The van der Waals surface area contributed by atoms with E-state index in [2.05, 4.69) is 15.6 Å². The van der Waals surface area contributed by atoms with Crippen LogP contribution in [-0.4, -0.2) is 36.9 Å². The molecule has 2 atom stereocenters. The lowest BCUT2D eigenvalue weighted by Crippen LogP contribution is -2.42. The van der Waals surface area contributed by atoms with Crippen molar-refractivity contribution in [3.05, 3.63) is 70.7 Å². The van der Waals surface area contributed by atoms with Gasteiger partial charge in [0.2, 0.25) is 0 Å². The maximum Gasteiger partial charge on any atom is 0.191 e. The van der Waals surface area contributed by atoms with Crippen molar-refractivity contribution < 1.29 is 9.84 Å². The molecule has 0 radical (unpaired) electrons. The van der Waals surface area contributed by atoms with Gasteiger partial charge in [0.25, 0.3) is 0 Å². The predicted octanol–water partition coefficient (Wildman–Crippen LogP) is 4.15. The summed E-state index contributed by atoms with van der Waals surface area (Å²) < 4.78 is 5.76. The highest BCUT2D eigenvalue weighted by Gasteiger charge is 2.10. The molecular weight excluding hydrogens is 489 g/mol. The SMILES string of the molecule is CCNC(=NCc1ccc(Cl)cc1)NCC(O)COC(C)c1ccccc1.I. The molecule has 2 rings (SSSR count). The van der Waals surface area contributed by atoms with Crippen LogP contribution in [0, 0.1) is 0 Å². The average molecular weight is 518 g/mol. The van der Waals surface area contributed by atoms with E-state index in [4.69, 9.17) is 16.3 Å². The van der Waals surface area contributed by atoms with Gasteiger partial charge in [-0.15, -0.1) is 24.0 Å². The van der Waals surface area contributed by atoms with Crippen molar-refractivity contribution >= 4 is 41.5 Å². The molecule has 0 spiro atoms. The Kier molecular flexibility index (Phi) is 12.1. The molecule has 154 valence electrons. The highest BCUT2D eigenvalue weighted by atomic mass is 127. The summed E-state index contributed by atoms with van der Waals surface area (Å²) in [6, 6.07) is 17.6. The van der Waals surface area contributed by atoms with Gasteiger partial charge < -0.3 is 20.5 Å². The van der Waals surface area contributed by atoms with E-state index < -0.39 is 6.10 Å². The number of ether oxygens (including phenoxy) is 1. The third kappa shape index (κ3) is 9.23. The van der Waals surface area contributed by atoms with E-state index >= 15 is 0 Å². The molecule has 0 bridgehead atoms. The normalized spacial score (nSPS) is 13.4. The number of hydrogen-bond donors (Lipinski definition) is 3. The quantitative estimate of drug-likeness (QED) is 0.266. The first-order valence-corrected chi connectivity index (χ1v) is 9.57. The molecule has 7 heteroatoms. The molecule has 5 nitrogen and oxygen atoms in total. The molecule has 2 unspecified atom stereocenters. The summed E-state index contributed by atoms with van der Waals surface area (Å²) in [6.07, 6.45) is -0.691. The molecule has 0 aromatic heterocycles. The number of benzene rings is 2. The van der Waals surface area contributed by atoms with Crippen molar-refractivity contribution in [2.75, 3.05) is 19.7 Å². The van der Waals surface area contributed by atoms with E-state index in [1.54, 1.807) is 0 Å². The van der Waals surface area contributed by atoms with Crippen LogP contribution >= 0.6 is 35.6 Å². The molecule has 2 aromatic rings. The number of rotatable bonds is 9.